The van der Waals surface area contributed by atoms with Crippen LogP contribution in [0.3, 0.4) is 0 Å². The second-order valence-corrected chi connectivity index (χ2v) is 4.81. The Balaban J connectivity index is 2.71. The van der Waals surface area contributed by atoms with Crippen molar-refractivity contribution >= 4 is 29.5 Å². The van der Waals surface area contributed by atoms with Crippen LogP contribution in [0.25, 0.3) is 0 Å². The topological polar surface area (TPSA) is 133 Å². The monoisotopic (exact) mass is 277 g/mol. The maximum atomic E-state index is 11.7. The average molecular weight is 277 g/mol. The van der Waals surface area contributed by atoms with Crippen molar-refractivity contribution in [3.05, 3.63) is 0 Å². The number of carboxylic acid groups (broad SMARTS) is 1. The number of hydrogen-bond acceptors (Lipinski definition) is 6. The van der Waals surface area contributed by atoms with Crippen molar-refractivity contribution in [2.75, 3.05) is 25.4 Å². The Hall–Kier alpha value is -1.32. The Morgan fingerprint density at radius 3 is 2.61 bits per heavy atom. The second-order valence-electron chi connectivity index (χ2n) is 3.60. The summed E-state index contributed by atoms with van der Waals surface area (Å²) in [6.07, 6.45) is 0. The molecule has 0 spiro atoms. The zero-order valence-electron chi connectivity index (χ0n) is 9.54. The molecule has 0 aromatic carbocycles. The van der Waals surface area contributed by atoms with Crippen LogP contribution in [-0.4, -0.2) is 69.8 Å². The molecule has 0 bridgehead atoms. The first-order chi connectivity index (χ1) is 8.51. The normalized spacial score (nSPS) is 22.9. The van der Waals surface area contributed by atoms with Gasteiger partial charge in [-0.3, -0.25) is 14.4 Å². The van der Waals surface area contributed by atoms with Crippen LogP contribution in [0.15, 0.2) is 0 Å². The van der Waals surface area contributed by atoms with E-state index in [9.17, 15) is 14.4 Å². The third-order valence-corrected chi connectivity index (χ3v) is 3.70. The van der Waals surface area contributed by atoms with Crippen molar-refractivity contribution in [3.63, 3.8) is 0 Å². The molecule has 1 unspecified atom stereocenters. The number of rotatable bonds is 5. The summed E-state index contributed by atoms with van der Waals surface area (Å²) in [6, 6.07) is -0.789. The third-order valence-electron chi connectivity index (χ3n) is 2.43. The average Bonchev–Trinajstić information content (AvgIpc) is 2.78. The molecule has 18 heavy (non-hydrogen) atoms. The van der Waals surface area contributed by atoms with Crippen LogP contribution in [0.5, 0.6) is 0 Å². The van der Waals surface area contributed by atoms with Crippen molar-refractivity contribution in [1.82, 2.24) is 10.2 Å². The number of nitrogens with zero attached hydrogens (tertiary/aromatic N) is 1. The molecular weight excluding hydrogens is 262 g/mol. The highest BCUT2D eigenvalue weighted by molar-refractivity contribution is 8.00. The van der Waals surface area contributed by atoms with E-state index in [0.717, 1.165) is 0 Å². The van der Waals surface area contributed by atoms with E-state index in [1.165, 1.54) is 16.7 Å². The van der Waals surface area contributed by atoms with Crippen LogP contribution in [0, 0.1) is 0 Å². The molecule has 5 N–H and O–H groups in total. The van der Waals surface area contributed by atoms with Gasteiger partial charge >= 0.3 is 5.97 Å². The predicted molar refractivity (Wildman–Crippen MR) is 63.7 cm³/mol. The zero-order chi connectivity index (χ0) is 13.7. The van der Waals surface area contributed by atoms with Crippen molar-refractivity contribution in [3.8, 4) is 0 Å². The molecule has 1 saturated heterocycles. The SMILES string of the molecule is NCC(=O)N1C(CO)SC[C@H]1C(=O)NCC(=O)O. The summed E-state index contributed by atoms with van der Waals surface area (Å²) in [6.45, 7) is -1.05. The van der Waals surface area contributed by atoms with Crippen LogP contribution in [-0.2, 0) is 14.4 Å². The summed E-state index contributed by atoms with van der Waals surface area (Å²) >= 11 is 1.26. The van der Waals surface area contributed by atoms with E-state index in [-0.39, 0.29) is 13.2 Å². The minimum Gasteiger partial charge on any atom is -0.480 e. The number of nitrogens with two attached hydrogens (primary N) is 1. The molecule has 0 radical (unpaired) electrons. The number of amides is 2. The Kier molecular flexibility index (Phi) is 5.38. The highest BCUT2D eigenvalue weighted by Gasteiger charge is 2.40. The van der Waals surface area contributed by atoms with Crippen LogP contribution < -0.4 is 11.1 Å². The van der Waals surface area contributed by atoms with Gasteiger partial charge in [0.15, 0.2) is 0 Å². The fourth-order valence-electron chi connectivity index (χ4n) is 1.63. The summed E-state index contributed by atoms with van der Waals surface area (Å²) < 4.78 is 0. The number of nitrogens with one attached hydrogen (secondary N) is 1. The lowest BCUT2D eigenvalue weighted by molar-refractivity contribution is -0.141. The summed E-state index contributed by atoms with van der Waals surface area (Å²) in [4.78, 5) is 34.9. The van der Waals surface area contributed by atoms with E-state index in [4.69, 9.17) is 15.9 Å². The summed E-state index contributed by atoms with van der Waals surface area (Å²) in [7, 11) is 0. The van der Waals surface area contributed by atoms with Crippen LogP contribution in [0.4, 0.5) is 0 Å². The molecule has 0 aromatic rings. The maximum absolute atomic E-state index is 11.7. The van der Waals surface area contributed by atoms with Gasteiger partial charge in [0.05, 0.1) is 13.2 Å². The zero-order valence-corrected chi connectivity index (χ0v) is 10.4. The lowest BCUT2D eigenvalue weighted by Gasteiger charge is -2.27. The van der Waals surface area contributed by atoms with Gasteiger partial charge in [-0.2, -0.15) is 0 Å². The van der Waals surface area contributed by atoms with Crippen molar-refractivity contribution in [1.29, 1.82) is 0 Å². The minimum absolute atomic E-state index is 0.264. The molecule has 102 valence electrons. The van der Waals surface area contributed by atoms with Gasteiger partial charge in [-0.1, -0.05) is 0 Å². The molecule has 2 amide bonds. The second kappa shape index (κ2) is 6.57. The Morgan fingerprint density at radius 1 is 1.44 bits per heavy atom. The van der Waals surface area contributed by atoms with E-state index < -0.39 is 35.7 Å². The van der Waals surface area contributed by atoms with E-state index in [1.807, 2.05) is 0 Å². The Labute approximate surface area is 107 Å². The molecule has 1 rings (SSSR count). The number of hydrogen-bond donors (Lipinski definition) is 4. The van der Waals surface area contributed by atoms with E-state index >= 15 is 0 Å². The van der Waals surface area contributed by atoms with Crippen molar-refractivity contribution in [2.24, 2.45) is 5.73 Å². The van der Waals surface area contributed by atoms with Crippen molar-refractivity contribution < 1.29 is 24.6 Å². The first kappa shape index (κ1) is 14.7. The molecular formula is C9H15N3O5S. The third kappa shape index (κ3) is 3.34. The van der Waals surface area contributed by atoms with E-state index in [1.54, 1.807) is 0 Å². The summed E-state index contributed by atoms with van der Waals surface area (Å²) in [5, 5.41) is 19.3. The lowest BCUT2D eigenvalue weighted by Crippen LogP contribution is -2.52. The molecule has 2 atom stereocenters. The molecule has 0 aliphatic carbocycles. The van der Waals surface area contributed by atoms with Gasteiger partial charge in [-0.05, 0) is 0 Å². The largest absolute Gasteiger partial charge is 0.480 e. The van der Waals surface area contributed by atoms with Gasteiger partial charge in [0.25, 0.3) is 0 Å². The number of aliphatic carboxylic acids is 1. The first-order valence-electron chi connectivity index (χ1n) is 5.24. The first-order valence-corrected chi connectivity index (χ1v) is 6.29. The molecule has 9 heteroatoms. The van der Waals surface area contributed by atoms with Gasteiger partial charge in [-0.25, -0.2) is 0 Å². The molecule has 0 saturated carbocycles. The summed E-state index contributed by atoms with van der Waals surface area (Å²) in [5.74, 6) is -1.86. The highest BCUT2D eigenvalue weighted by atomic mass is 32.2. The molecule has 1 aliphatic heterocycles. The van der Waals surface area contributed by atoms with E-state index in [0.29, 0.717) is 5.75 Å². The number of carbonyl (C=O) groups is 3. The van der Waals surface area contributed by atoms with Crippen LogP contribution in [0.2, 0.25) is 0 Å². The van der Waals surface area contributed by atoms with Gasteiger partial charge in [-0.15, -0.1) is 11.8 Å². The smallest absolute Gasteiger partial charge is 0.322 e. The van der Waals surface area contributed by atoms with Gasteiger partial charge < -0.3 is 26.2 Å². The predicted octanol–water partition coefficient (Wildman–Crippen LogP) is -2.59. The van der Waals surface area contributed by atoms with Gasteiger partial charge in [0.2, 0.25) is 11.8 Å². The fraction of sp³-hybridized carbons (Fsp3) is 0.667. The number of thioether (sulfide) groups is 1. The standard InChI is InChI=1S/C9H15N3O5S/c10-1-6(14)12-5(4-18-7(12)3-13)9(17)11-2-8(15)16/h5,7,13H,1-4,10H2,(H,11,17)(H,15,16)/t5-,7?/m0/s1. The Morgan fingerprint density at radius 2 is 2.11 bits per heavy atom. The van der Waals surface area contributed by atoms with Gasteiger partial charge in [0, 0.05) is 5.75 Å². The van der Waals surface area contributed by atoms with Crippen molar-refractivity contribution in [2.45, 2.75) is 11.4 Å². The number of carboxylic acids is 1. The molecule has 8 nitrogen and oxygen atoms in total. The molecule has 1 aliphatic rings. The minimum atomic E-state index is -1.16. The molecule has 0 aromatic heterocycles. The number of carbonyl (C=O) groups excluding carboxylic acids is 2. The number of aliphatic hydroxyl groups is 1. The molecule has 1 fully saturated rings. The number of aliphatic hydroxyl groups excluding tert-OH is 1. The highest BCUT2D eigenvalue weighted by Crippen LogP contribution is 2.28. The lowest BCUT2D eigenvalue weighted by atomic mass is 10.2. The quantitative estimate of drug-likeness (QED) is 0.433. The van der Waals surface area contributed by atoms with Crippen LogP contribution in [0.1, 0.15) is 0 Å². The maximum Gasteiger partial charge on any atom is 0.322 e. The molecule has 1 heterocycles. The Bertz CT molecular complexity index is 351. The fourth-order valence-corrected chi connectivity index (χ4v) is 2.87. The van der Waals surface area contributed by atoms with E-state index in [2.05, 4.69) is 5.32 Å². The van der Waals surface area contributed by atoms with Gasteiger partial charge in [0.1, 0.15) is 18.0 Å². The summed E-state index contributed by atoms with van der Waals surface area (Å²) in [5.41, 5.74) is 5.25. The van der Waals surface area contributed by atoms with Crippen LogP contribution >= 0.6 is 11.8 Å².